The summed E-state index contributed by atoms with van der Waals surface area (Å²) in [5, 5.41) is 0. The van der Waals surface area contributed by atoms with Crippen molar-refractivity contribution in [1.82, 2.24) is 0 Å². The topological polar surface area (TPSA) is 17.1 Å². The van der Waals surface area contributed by atoms with Crippen molar-refractivity contribution in [2.24, 2.45) is 5.41 Å². The fourth-order valence-electron chi connectivity index (χ4n) is 2.50. The SMILES string of the molecule is CCCCCCCC1(C=O)CC=C(C)CC1. The van der Waals surface area contributed by atoms with E-state index in [0.29, 0.717) is 0 Å². The highest BCUT2D eigenvalue weighted by atomic mass is 16.1. The molecule has 0 aromatic heterocycles. The van der Waals surface area contributed by atoms with Gasteiger partial charge in [0.25, 0.3) is 0 Å². The molecule has 1 rings (SSSR count). The second-order valence-corrected chi connectivity index (χ2v) is 5.40. The molecule has 1 unspecified atom stereocenters. The summed E-state index contributed by atoms with van der Waals surface area (Å²) in [7, 11) is 0. The molecule has 0 aliphatic heterocycles. The summed E-state index contributed by atoms with van der Waals surface area (Å²) in [5.41, 5.74) is 1.45. The van der Waals surface area contributed by atoms with Gasteiger partial charge in [-0.05, 0) is 32.6 Å². The Labute approximate surface area is 100 Å². The van der Waals surface area contributed by atoms with E-state index in [4.69, 9.17) is 0 Å². The molecule has 0 bridgehead atoms. The highest BCUT2D eigenvalue weighted by Gasteiger charge is 2.30. The maximum absolute atomic E-state index is 11.3. The van der Waals surface area contributed by atoms with Crippen LogP contribution in [-0.2, 0) is 4.79 Å². The van der Waals surface area contributed by atoms with Crippen LogP contribution >= 0.6 is 0 Å². The van der Waals surface area contributed by atoms with Gasteiger partial charge in [-0.15, -0.1) is 0 Å². The Morgan fingerprint density at radius 1 is 1.31 bits per heavy atom. The van der Waals surface area contributed by atoms with Crippen LogP contribution in [0.2, 0.25) is 0 Å². The van der Waals surface area contributed by atoms with E-state index in [-0.39, 0.29) is 5.41 Å². The molecule has 1 heteroatoms. The number of hydrogen-bond donors (Lipinski definition) is 0. The van der Waals surface area contributed by atoms with Crippen LogP contribution in [0.25, 0.3) is 0 Å². The van der Waals surface area contributed by atoms with Crippen molar-refractivity contribution < 1.29 is 4.79 Å². The van der Waals surface area contributed by atoms with E-state index in [0.717, 1.165) is 25.7 Å². The number of rotatable bonds is 7. The summed E-state index contributed by atoms with van der Waals surface area (Å²) in [6.07, 6.45) is 14.3. The molecule has 0 amide bonds. The summed E-state index contributed by atoms with van der Waals surface area (Å²) >= 11 is 0. The van der Waals surface area contributed by atoms with Crippen LogP contribution in [0.15, 0.2) is 11.6 Å². The van der Waals surface area contributed by atoms with Crippen molar-refractivity contribution in [2.75, 3.05) is 0 Å². The molecular weight excluding hydrogens is 196 g/mol. The molecule has 16 heavy (non-hydrogen) atoms. The lowest BCUT2D eigenvalue weighted by Crippen LogP contribution is -2.24. The Morgan fingerprint density at radius 2 is 2.06 bits per heavy atom. The zero-order valence-corrected chi connectivity index (χ0v) is 10.9. The fraction of sp³-hybridized carbons (Fsp3) is 0.800. The summed E-state index contributed by atoms with van der Waals surface area (Å²) in [4.78, 5) is 11.3. The Morgan fingerprint density at radius 3 is 2.62 bits per heavy atom. The van der Waals surface area contributed by atoms with Gasteiger partial charge < -0.3 is 4.79 Å². The first kappa shape index (κ1) is 13.5. The highest BCUT2D eigenvalue weighted by molar-refractivity contribution is 5.60. The van der Waals surface area contributed by atoms with Gasteiger partial charge in [0.2, 0.25) is 0 Å². The first-order valence-corrected chi connectivity index (χ1v) is 6.84. The highest BCUT2D eigenvalue weighted by Crippen LogP contribution is 2.38. The van der Waals surface area contributed by atoms with Crippen molar-refractivity contribution >= 4 is 6.29 Å². The number of carbonyl (C=O) groups is 1. The first-order valence-electron chi connectivity index (χ1n) is 6.84. The Hall–Kier alpha value is -0.590. The molecular formula is C15H26O. The summed E-state index contributed by atoms with van der Waals surface area (Å²) < 4.78 is 0. The quantitative estimate of drug-likeness (QED) is 0.348. The van der Waals surface area contributed by atoms with Gasteiger partial charge in [-0.3, -0.25) is 0 Å². The van der Waals surface area contributed by atoms with Crippen LogP contribution in [0.1, 0.15) is 71.6 Å². The molecule has 1 aliphatic carbocycles. The van der Waals surface area contributed by atoms with E-state index in [2.05, 4.69) is 19.9 Å². The van der Waals surface area contributed by atoms with E-state index in [9.17, 15) is 4.79 Å². The molecule has 0 radical (unpaired) electrons. The van der Waals surface area contributed by atoms with Crippen LogP contribution in [-0.4, -0.2) is 6.29 Å². The van der Waals surface area contributed by atoms with E-state index in [1.807, 2.05) is 0 Å². The molecule has 0 saturated heterocycles. The molecule has 92 valence electrons. The molecule has 1 aliphatic rings. The molecule has 0 aromatic carbocycles. The van der Waals surface area contributed by atoms with Gasteiger partial charge in [-0.1, -0.05) is 50.7 Å². The van der Waals surface area contributed by atoms with Crippen LogP contribution in [0.4, 0.5) is 0 Å². The van der Waals surface area contributed by atoms with Gasteiger partial charge in [0.15, 0.2) is 0 Å². The standard InChI is InChI=1S/C15H26O/c1-3-4-5-6-7-10-15(13-16)11-8-14(2)9-12-15/h8,13H,3-7,9-12H2,1-2H3. The zero-order chi connectivity index (χ0) is 11.9. The second kappa shape index (κ2) is 6.88. The second-order valence-electron chi connectivity index (χ2n) is 5.40. The average Bonchev–Trinajstić information content (AvgIpc) is 2.32. The lowest BCUT2D eigenvalue weighted by Gasteiger charge is -2.30. The molecule has 0 heterocycles. The fourth-order valence-corrected chi connectivity index (χ4v) is 2.50. The number of allylic oxidation sites excluding steroid dienone is 2. The largest absolute Gasteiger partial charge is 0.303 e. The van der Waals surface area contributed by atoms with Gasteiger partial charge in [-0.2, -0.15) is 0 Å². The normalized spacial score (nSPS) is 25.2. The van der Waals surface area contributed by atoms with Crippen LogP contribution in [0, 0.1) is 5.41 Å². The maximum Gasteiger partial charge on any atom is 0.126 e. The lowest BCUT2D eigenvalue weighted by atomic mass is 9.73. The lowest BCUT2D eigenvalue weighted by molar-refractivity contribution is -0.117. The molecule has 0 aromatic rings. The number of aldehydes is 1. The Bertz CT molecular complexity index is 242. The van der Waals surface area contributed by atoms with Crippen LogP contribution in [0.3, 0.4) is 0 Å². The Balaban J connectivity index is 2.29. The summed E-state index contributed by atoms with van der Waals surface area (Å²) in [6, 6.07) is 0. The van der Waals surface area contributed by atoms with Crippen molar-refractivity contribution in [3.05, 3.63) is 11.6 Å². The van der Waals surface area contributed by atoms with Gasteiger partial charge in [0, 0.05) is 5.41 Å². The number of unbranched alkanes of at least 4 members (excludes halogenated alkanes) is 4. The van der Waals surface area contributed by atoms with Crippen molar-refractivity contribution in [1.29, 1.82) is 0 Å². The van der Waals surface area contributed by atoms with Crippen LogP contribution in [0.5, 0.6) is 0 Å². The third-order valence-electron chi connectivity index (χ3n) is 3.90. The van der Waals surface area contributed by atoms with E-state index >= 15 is 0 Å². The minimum Gasteiger partial charge on any atom is -0.303 e. The van der Waals surface area contributed by atoms with E-state index in [1.165, 1.54) is 44.0 Å². The van der Waals surface area contributed by atoms with Gasteiger partial charge in [0.05, 0.1) is 0 Å². The molecule has 1 atom stereocenters. The van der Waals surface area contributed by atoms with Crippen molar-refractivity contribution in [2.45, 2.75) is 71.6 Å². The van der Waals surface area contributed by atoms with Crippen LogP contribution < -0.4 is 0 Å². The molecule has 0 saturated carbocycles. The number of hydrogen-bond acceptors (Lipinski definition) is 1. The molecule has 0 spiro atoms. The monoisotopic (exact) mass is 222 g/mol. The summed E-state index contributed by atoms with van der Waals surface area (Å²) in [5.74, 6) is 0. The minimum absolute atomic E-state index is 0.00821. The molecule has 0 fully saturated rings. The average molecular weight is 222 g/mol. The van der Waals surface area contributed by atoms with Crippen molar-refractivity contribution in [3.63, 3.8) is 0 Å². The van der Waals surface area contributed by atoms with Gasteiger partial charge >= 0.3 is 0 Å². The smallest absolute Gasteiger partial charge is 0.126 e. The predicted molar refractivity (Wildman–Crippen MR) is 69.5 cm³/mol. The molecule has 0 N–H and O–H groups in total. The third-order valence-corrected chi connectivity index (χ3v) is 3.90. The zero-order valence-electron chi connectivity index (χ0n) is 10.9. The van der Waals surface area contributed by atoms with Crippen molar-refractivity contribution in [3.8, 4) is 0 Å². The maximum atomic E-state index is 11.3. The minimum atomic E-state index is -0.00821. The van der Waals surface area contributed by atoms with Gasteiger partial charge in [0.1, 0.15) is 6.29 Å². The third kappa shape index (κ3) is 4.11. The van der Waals surface area contributed by atoms with E-state index < -0.39 is 0 Å². The molecule has 1 nitrogen and oxygen atoms in total. The van der Waals surface area contributed by atoms with E-state index in [1.54, 1.807) is 0 Å². The Kier molecular flexibility index (Phi) is 5.79. The number of carbonyl (C=O) groups excluding carboxylic acids is 1. The predicted octanol–water partition coefficient (Wildman–Crippen LogP) is 4.66. The summed E-state index contributed by atoms with van der Waals surface area (Å²) in [6.45, 7) is 4.41. The first-order chi connectivity index (χ1) is 7.72. The van der Waals surface area contributed by atoms with Gasteiger partial charge in [-0.25, -0.2) is 0 Å².